The number of rotatable bonds is 5. The Hall–Kier alpha value is -2.50. The largest absolute Gasteiger partial charge is 0.486 e. The van der Waals surface area contributed by atoms with Crippen LogP contribution in [0.15, 0.2) is 30.6 Å². The van der Waals surface area contributed by atoms with Crippen molar-refractivity contribution in [1.82, 2.24) is 9.97 Å². The Balaban J connectivity index is 1.57. The van der Waals surface area contributed by atoms with Crippen LogP contribution in [0.25, 0.3) is 0 Å². The third-order valence-electron chi connectivity index (χ3n) is 3.18. The molecular formula is C15H17N3O3. The lowest BCUT2D eigenvalue weighted by Crippen LogP contribution is -2.15. The highest BCUT2D eigenvalue weighted by molar-refractivity contribution is 5.44. The molecule has 0 spiro atoms. The number of ether oxygens (including phenoxy) is 3. The van der Waals surface area contributed by atoms with E-state index in [2.05, 4.69) is 21.4 Å². The van der Waals surface area contributed by atoms with Gasteiger partial charge in [0.2, 0.25) is 5.88 Å². The highest BCUT2D eigenvalue weighted by Crippen LogP contribution is 2.30. The maximum absolute atomic E-state index is 5.58. The van der Waals surface area contributed by atoms with E-state index in [-0.39, 0.29) is 0 Å². The molecule has 0 radical (unpaired) electrons. The normalized spacial score (nSPS) is 12.8. The maximum atomic E-state index is 5.58. The van der Waals surface area contributed by atoms with E-state index in [1.54, 1.807) is 13.2 Å². The van der Waals surface area contributed by atoms with Gasteiger partial charge in [-0.25, -0.2) is 9.97 Å². The predicted octanol–water partition coefficient (Wildman–Crippen LogP) is 1.91. The monoisotopic (exact) mass is 287 g/mol. The molecule has 0 unspecified atom stereocenters. The van der Waals surface area contributed by atoms with Crippen LogP contribution >= 0.6 is 0 Å². The molecule has 1 aromatic heterocycles. The second kappa shape index (κ2) is 6.30. The fraction of sp³-hybridized carbons (Fsp3) is 0.333. The minimum Gasteiger partial charge on any atom is -0.486 e. The summed E-state index contributed by atoms with van der Waals surface area (Å²) < 4.78 is 16.1. The number of methoxy groups -OCH3 is 1. The van der Waals surface area contributed by atoms with Crippen molar-refractivity contribution in [3.05, 3.63) is 36.2 Å². The van der Waals surface area contributed by atoms with Crippen LogP contribution in [0, 0.1) is 0 Å². The van der Waals surface area contributed by atoms with Crippen LogP contribution < -0.4 is 19.5 Å². The Morgan fingerprint density at radius 1 is 1.14 bits per heavy atom. The smallest absolute Gasteiger partial charge is 0.218 e. The molecule has 1 aliphatic heterocycles. The third kappa shape index (κ3) is 3.34. The molecule has 0 saturated carbocycles. The van der Waals surface area contributed by atoms with Crippen LogP contribution in [-0.2, 0) is 6.42 Å². The fourth-order valence-corrected chi connectivity index (χ4v) is 2.13. The third-order valence-corrected chi connectivity index (χ3v) is 3.18. The van der Waals surface area contributed by atoms with Gasteiger partial charge in [0.25, 0.3) is 0 Å². The highest BCUT2D eigenvalue weighted by Gasteiger charge is 2.11. The second-order valence-electron chi connectivity index (χ2n) is 4.60. The molecule has 0 amide bonds. The SMILES string of the molecule is COc1cc(NCCc2ccc3c(c2)OCCO3)ncn1. The Bertz CT molecular complexity index is 619. The highest BCUT2D eigenvalue weighted by atomic mass is 16.6. The first-order valence-electron chi connectivity index (χ1n) is 6.83. The lowest BCUT2D eigenvalue weighted by atomic mass is 10.1. The Morgan fingerprint density at radius 3 is 2.86 bits per heavy atom. The molecular weight excluding hydrogens is 270 g/mol. The van der Waals surface area contributed by atoms with Gasteiger partial charge >= 0.3 is 0 Å². The summed E-state index contributed by atoms with van der Waals surface area (Å²) in [4.78, 5) is 8.11. The lowest BCUT2D eigenvalue weighted by Gasteiger charge is -2.18. The van der Waals surface area contributed by atoms with E-state index in [4.69, 9.17) is 14.2 Å². The molecule has 0 saturated heterocycles. The molecule has 0 atom stereocenters. The molecule has 1 N–H and O–H groups in total. The molecule has 6 heteroatoms. The van der Waals surface area contributed by atoms with Crippen molar-refractivity contribution in [2.24, 2.45) is 0 Å². The van der Waals surface area contributed by atoms with E-state index in [1.165, 1.54) is 11.9 Å². The van der Waals surface area contributed by atoms with Gasteiger partial charge in [0.1, 0.15) is 25.4 Å². The first kappa shape index (κ1) is 13.5. The summed E-state index contributed by atoms with van der Waals surface area (Å²) in [5, 5.41) is 3.24. The minimum atomic E-state index is 0.548. The molecule has 2 heterocycles. The van der Waals surface area contributed by atoms with E-state index in [9.17, 15) is 0 Å². The number of nitrogens with one attached hydrogen (secondary N) is 1. The molecule has 0 bridgehead atoms. The van der Waals surface area contributed by atoms with Crippen molar-refractivity contribution in [1.29, 1.82) is 0 Å². The molecule has 1 aromatic carbocycles. The molecule has 2 aromatic rings. The van der Waals surface area contributed by atoms with E-state index in [1.807, 2.05) is 12.1 Å². The zero-order valence-corrected chi connectivity index (χ0v) is 11.8. The second-order valence-corrected chi connectivity index (χ2v) is 4.60. The Kier molecular flexibility index (Phi) is 4.04. The molecule has 21 heavy (non-hydrogen) atoms. The summed E-state index contributed by atoms with van der Waals surface area (Å²) in [5.41, 5.74) is 1.19. The van der Waals surface area contributed by atoms with Gasteiger partial charge in [-0.15, -0.1) is 0 Å². The van der Waals surface area contributed by atoms with Crippen molar-refractivity contribution in [3.63, 3.8) is 0 Å². The summed E-state index contributed by atoms with van der Waals surface area (Å²) in [5.74, 6) is 2.94. The van der Waals surface area contributed by atoms with Crippen molar-refractivity contribution in [3.8, 4) is 17.4 Å². The standard InChI is InChI=1S/C15H17N3O3/c1-19-15-9-14(17-10-18-15)16-5-4-11-2-3-12-13(8-11)21-7-6-20-12/h2-3,8-10H,4-7H2,1H3,(H,16,17,18). The van der Waals surface area contributed by atoms with Gasteiger partial charge in [0, 0.05) is 12.6 Å². The topological polar surface area (TPSA) is 65.5 Å². The van der Waals surface area contributed by atoms with Gasteiger partial charge in [0.15, 0.2) is 11.5 Å². The van der Waals surface area contributed by atoms with Gasteiger partial charge in [0.05, 0.1) is 7.11 Å². The molecule has 0 fully saturated rings. The van der Waals surface area contributed by atoms with Crippen LogP contribution in [-0.4, -0.2) is 36.8 Å². The predicted molar refractivity (Wildman–Crippen MR) is 78.2 cm³/mol. The molecule has 1 aliphatic rings. The van der Waals surface area contributed by atoms with Gasteiger partial charge < -0.3 is 19.5 Å². The van der Waals surface area contributed by atoms with E-state index < -0.39 is 0 Å². The number of anilines is 1. The van der Waals surface area contributed by atoms with Gasteiger partial charge in [-0.05, 0) is 24.1 Å². The quantitative estimate of drug-likeness (QED) is 0.906. The maximum Gasteiger partial charge on any atom is 0.218 e. The van der Waals surface area contributed by atoms with Crippen molar-refractivity contribution >= 4 is 5.82 Å². The average molecular weight is 287 g/mol. The molecule has 6 nitrogen and oxygen atoms in total. The first-order chi connectivity index (χ1) is 10.3. The van der Waals surface area contributed by atoms with Crippen LogP contribution in [0.1, 0.15) is 5.56 Å². The van der Waals surface area contributed by atoms with Crippen LogP contribution in [0.5, 0.6) is 17.4 Å². The molecule has 110 valence electrons. The minimum absolute atomic E-state index is 0.548. The summed E-state index contributed by atoms with van der Waals surface area (Å²) >= 11 is 0. The van der Waals surface area contributed by atoms with Crippen molar-refractivity contribution in [2.75, 3.05) is 32.2 Å². The van der Waals surface area contributed by atoms with Crippen LogP contribution in [0.2, 0.25) is 0 Å². The number of nitrogens with zero attached hydrogens (tertiary/aromatic N) is 2. The number of hydrogen-bond donors (Lipinski definition) is 1. The lowest BCUT2D eigenvalue weighted by molar-refractivity contribution is 0.171. The van der Waals surface area contributed by atoms with Crippen LogP contribution in [0.4, 0.5) is 5.82 Å². The van der Waals surface area contributed by atoms with E-state index in [0.29, 0.717) is 19.1 Å². The molecule has 0 aliphatic carbocycles. The summed E-state index contributed by atoms with van der Waals surface area (Å²) in [6.07, 6.45) is 2.34. The Labute approximate surface area is 123 Å². The average Bonchev–Trinajstić information content (AvgIpc) is 2.55. The number of hydrogen-bond acceptors (Lipinski definition) is 6. The van der Waals surface area contributed by atoms with E-state index >= 15 is 0 Å². The summed E-state index contributed by atoms with van der Waals surface area (Å²) in [6.45, 7) is 1.98. The van der Waals surface area contributed by atoms with Gasteiger partial charge in [-0.2, -0.15) is 0 Å². The van der Waals surface area contributed by atoms with Gasteiger partial charge in [-0.1, -0.05) is 6.07 Å². The summed E-state index contributed by atoms with van der Waals surface area (Å²) in [6, 6.07) is 7.80. The van der Waals surface area contributed by atoms with Gasteiger partial charge in [-0.3, -0.25) is 0 Å². The fourth-order valence-electron chi connectivity index (χ4n) is 2.13. The molecule has 3 rings (SSSR count). The van der Waals surface area contributed by atoms with Crippen molar-refractivity contribution in [2.45, 2.75) is 6.42 Å². The zero-order valence-electron chi connectivity index (χ0n) is 11.8. The summed E-state index contributed by atoms with van der Waals surface area (Å²) in [7, 11) is 1.58. The van der Waals surface area contributed by atoms with Crippen molar-refractivity contribution < 1.29 is 14.2 Å². The zero-order chi connectivity index (χ0) is 14.5. The van der Waals surface area contributed by atoms with E-state index in [0.717, 1.165) is 30.3 Å². The Morgan fingerprint density at radius 2 is 2.00 bits per heavy atom. The number of benzene rings is 1. The first-order valence-corrected chi connectivity index (χ1v) is 6.83. The number of fused-ring (bicyclic) bond motifs is 1. The number of aromatic nitrogens is 2. The van der Waals surface area contributed by atoms with Crippen LogP contribution in [0.3, 0.4) is 0 Å².